The van der Waals surface area contributed by atoms with Gasteiger partial charge < -0.3 is 5.73 Å². The van der Waals surface area contributed by atoms with Gasteiger partial charge in [0.15, 0.2) is 0 Å². The maximum atomic E-state index is 13.0. The normalized spacial score (nSPS) is 11.0. The lowest BCUT2D eigenvalue weighted by Crippen LogP contribution is -1.91. The number of anilines is 1. The number of alkyl halides is 1. The van der Waals surface area contributed by atoms with Crippen LogP contribution in [0.15, 0.2) is 18.2 Å². The summed E-state index contributed by atoms with van der Waals surface area (Å²) in [6.07, 6.45) is 3.57. The zero-order valence-electron chi connectivity index (χ0n) is 6.73. The Hall–Kier alpha value is -0.540. The van der Waals surface area contributed by atoms with E-state index in [1.165, 1.54) is 12.1 Å². The summed E-state index contributed by atoms with van der Waals surface area (Å²) < 4.78 is 13.0. The van der Waals surface area contributed by atoms with Gasteiger partial charge in [0.1, 0.15) is 5.82 Å². The van der Waals surface area contributed by atoms with Gasteiger partial charge in [0, 0.05) is 5.33 Å². The van der Waals surface area contributed by atoms with Crippen molar-refractivity contribution in [2.75, 3.05) is 11.1 Å². The van der Waals surface area contributed by atoms with Crippen LogP contribution in [-0.2, 0) is 0 Å². The van der Waals surface area contributed by atoms with Crippen molar-refractivity contribution in [2.24, 2.45) is 0 Å². The Morgan fingerprint density at radius 1 is 1.54 bits per heavy atom. The van der Waals surface area contributed by atoms with Gasteiger partial charge in [0.2, 0.25) is 0 Å². The third-order valence-electron chi connectivity index (χ3n) is 1.50. The number of benzene rings is 1. The SMILES string of the molecule is Nc1cc(Cl)c(C=CCBr)cc1F. The molecule has 0 spiro atoms. The number of allylic oxidation sites excluding steroid dienone is 1. The first kappa shape index (κ1) is 10.5. The Morgan fingerprint density at radius 2 is 2.23 bits per heavy atom. The van der Waals surface area contributed by atoms with Crippen molar-refractivity contribution in [1.82, 2.24) is 0 Å². The van der Waals surface area contributed by atoms with Crippen LogP contribution in [0.25, 0.3) is 6.08 Å². The topological polar surface area (TPSA) is 26.0 Å². The van der Waals surface area contributed by atoms with E-state index in [9.17, 15) is 4.39 Å². The molecule has 2 N–H and O–H groups in total. The van der Waals surface area contributed by atoms with Crippen LogP contribution in [0.5, 0.6) is 0 Å². The first-order valence-electron chi connectivity index (χ1n) is 3.62. The molecule has 1 rings (SSSR count). The monoisotopic (exact) mass is 263 g/mol. The number of rotatable bonds is 2. The van der Waals surface area contributed by atoms with Crippen molar-refractivity contribution < 1.29 is 4.39 Å². The van der Waals surface area contributed by atoms with Crippen LogP contribution in [0, 0.1) is 5.82 Å². The number of halogens is 3. The van der Waals surface area contributed by atoms with E-state index < -0.39 is 5.82 Å². The summed E-state index contributed by atoms with van der Waals surface area (Å²) in [4.78, 5) is 0. The molecular weight excluding hydrogens is 256 g/mol. The Labute approximate surface area is 89.5 Å². The molecule has 0 aromatic heterocycles. The minimum Gasteiger partial charge on any atom is -0.396 e. The summed E-state index contributed by atoms with van der Waals surface area (Å²) in [6, 6.07) is 2.72. The van der Waals surface area contributed by atoms with Gasteiger partial charge in [0.05, 0.1) is 10.7 Å². The van der Waals surface area contributed by atoms with Crippen molar-refractivity contribution in [3.8, 4) is 0 Å². The second kappa shape index (κ2) is 4.63. The summed E-state index contributed by atoms with van der Waals surface area (Å²) in [7, 11) is 0. The second-order valence-electron chi connectivity index (χ2n) is 2.45. The van der Waals surface area contributed by atoms with Crippen molar-refractivity contribution in [3.63, 3.8) is 0 Å². The minimum absolute atomic E-state index is 0.0704. The zero-order chi connectivity index (χ0) is 9.84. The van der Waals surface area contributed by atoms with E-state index in [1.807, 2.05) is 6.08 Å². The van der Waals surface area contributed by atoms with Gasteiger partial charge in [-0.15, -0.1) is 0 Å². The third-order valence-corrected chi connectivity index (χ3v) is 2.20. The van der Waals surface area contributed by atoms with Gasteiger partial charge in [-0.1, -0.05) is 39.7 Å². The van der Waals surface area contributed by atoms with Gasteiger partial charge in [0.25, 0.3) is 0 Å². The molecule has 1 aromatic rings. The minimum atomic E-state index is -0.446. The van der Waals surface area contributed by atoms with Crippen molar-refractivity contribution in [2.45, 2.75) is 0 Å². The molecule has 0 aliphatic carbocycles. The average molecular weight is 265 g/mol. The predicted octanol–water partition coefficient (Wildman–Crippen LogP) is 3.47. The van der Waals surface area contributed by atoms with E-state index >= 15 is 0 Å². The molecule has 0 unspecified atom stereocenters. The molecule has 0 saturated carbocycles. The Morgan fingerprint density at radius 3 is 2.85 bits per heavy atom. The van der Waals surface area contributed by atoms with E-state index in [0.717, 1.165) is 0 Å². The van der Waals surface area contributed by atoms with E-state index in [1.54, 1.807) is 6.08 Å². The van der Waals surface area contributed by atoms with Gasteiger partial charge in [-0.2, -0.15) is 0 Å². The number of hydrogen-bond donors (Lipinski definition) is 1. The van der Waals surface area contributed by atoms with Crippen molar-refractivity contribution in [3.05, 3.63) is 34.6 Å². The largest absolute Gasteiger partial charge is 0.396 e. The molecule has 1 aromatic carbocycles. The zero-order valence-corrected chi connectivity index (χ0v) is 9.07. The summed E-state index contributed by atoms with van der Waals surface area (Å²) in [5, 5.41) is 1.16. The maximum absolute atomic E-state index is 13.0. The Kier molecular flexibility index (Phi) is 3.75. The molecule has 0 heterocycles. The summed E-state index contributed by atoms with van der Waals surface area (Å²) in [5.74, 6) is -0.446. The van der Waals surface area contributed by atoms with Crippen LogP contribution >= 0.6 is 27.5 Å². The fourth-order valence-electron chi connectivity index (χ4n) is 0.877. The van der Waals surface area contributed by atoms with E-state index in [0.29, 0.717) is 15.9 Å². The number of hydrogen-bond acceptors (Lipinski definition) is 1. The summed E-state index contributed by atoms with van der Waals surface area (Å²) in [5.41, 5.74) is 6.03. The molecular formula is C9H8BrClFN. The smallest absolute Gasteiger partial charge is 0.146 e. The highest BCUT2D eigenvalue weighted by atomic mass is 79.9. The summed E-state index contributed by atoms with van der Waals surface area (Å²) >= 11 is 9.04. The Balaban J connectivity index is 3.08. The van der Waals surface area contributed by atoms with Crippen LogP contribution in [0.1, 0.15) is 5.56 Å². The third kappa shape index (κ3) is 2.71. The first-order chi connectivity index (χ1) is 6.15. The molecule has 1 nitrogen and oxygen atoms in total. The fourth-order valence-corrected chi connectivity index (χ4v) is 1.30. The highest BCUT2D eigenvalue weighted by molar-refractivity contribution is 9.09. The van der Waals surface area contributed by atoms with Crippen LogP contribution in [0.2, 0.25) is 5.02 Å². The molecule has 0 amide bonds. The quantitative estimate of drug-likeness (QED) is 0.642. The molecule has 0 saturated heterocycles. The first-order valence-corrected chi connectivity index (χ1v) is 5.12. The van der Waals surface area contributed by atoms with E-state index in [4.69, 9.17) is 17.3 Å². The summed E-state index contributed by atoms with van der Waals surface area (Å²) in [6.45, 7) is 0. The number of nitrogens with two attached hydrogens (primary N) is 1. The molecule has 0 fully saturated rings. The van der Waals surface area contributed by atoms with Crippen molar-refractivity contribution in [1.29, 1.82) is 0 Å². The average Bonchev–Trinajstić information content (AvgIpc) is 2.09. The molecule has 0 aliphatic rings. The van der Waals surface area contributed by atoms with Gasteiger partial charge in [-0.3, -0.25) is 0 Å². The lowest BCUT2D eigenvalue weighted by Gasteiger charge is -2.01. The van der Waals surface area contributed by atoms with E-state index in [2.05, 4.69) is 15.9 Å². The fraction of sp³-hybridized carbons (Fsp3) is 0.111. The van der Waals surface area contributed by atoms with Gasteiger partial charge in [-0.05, 0) is 17.7 Å². The molecule has 13 heavy (non-hydrogen) atoms. The second-order valence-corrected chi connectivity index (χ2v) is 3.51. The molecule has 0 aliphatic heterocycles. The lowest BCUT2D eigenvalue weighted by molar-refractivity contribution is 0.632. The van der Waals surface area contributed by atoms with Crippen LogP contribution in [0.4, 0.5) is 10.1 Å². The van der Waals surface area contributed by atoms with E-state index in [-0.39, 0.29) is 5.69 Å². The standard InChI is InChI=1S/C9H8BrClFN/c10-3-1-2-6-4-8(12)9(13)5-7(6)11/h1-2,4-5H,3,13H2. The van der Waals surface area contributed by atoms with Crippen LogP contribution in [0.3, 0.4) is 0 Å². The van der Waals surface area contributed by atoms with Crippen molar-refractivity contribution >= 4 is 39.3 Å². The highest BCUT2D eigenvalue weighted by Crippen LogP contribution is 2.23. The predicted molar refractivity (Wildman–Crippen MR) is 58.7 cm³/mol. The van der Waals surface area contributed by atoms with Crippen LogP contribution < -0.4 is 5.73 Å². The molecule has 70 valence electrons. The van der Waals surface area contributed by atoms with Gasteiger partial charge >= 0.3 is 0 Å². The molecule has 0 radical (unpaired) electrons. The molecule has 0 bridgehead atoms. The molecule has 0 atom stereocenters. The maximum Gasteiger partial charge on any atom is 0.146 e. The molecule has 4 heteroatoms. The van der Waals surface area contributed by atoms with Crippen LogP contribution in [-0.4, -0.2) is 5.33 Å². The highest BCUT2D eigenvalue weighted by Gasteiger charge is 2.03. The Bertz CT molecular complexity index is 339. The lowest BCUT2D eigenvalue weighted by atomic mass is 10.2. The van der Waals surface area contributed by atoms with Gasteiger partial charge in [-0.25, -0.2) is 4.39 Å². The number of nitrogen functional groups attached to an aromatic ring is 1.